The molecule has 0 atom stereocenters. The highest BCUT2D eigenvalue weighted by molar-refractivity contribution is 6.30. The van der Waals surface area contributed by atoms with Crippen molar-refractivity contribution in [1.29, 1.82) is 0 Å². The van der Waals surface area contributed by atoms with Gasteiger partial charge in [0.15, 0.2) is 0 Å². The Labute approximate surface area is 119 Å². The predicted molar refractivity (Wildman–Crippen MR) is 77.6 cm³/mol. The summed E-state index contributed by atoms with van der Waals surface area (Å²) in [5.74, 6) is 0. The third-order valence-electron chi connectivity index (χ3n) is 2.92. The Hall–Kier alpha value is -1.26. The van der Waals surface area contributed by atoms with E-state index in [0.29, 0.717) is 24.5 Å². The smallest absolute Gasteiger partial charge is 0.314 e. The first kappa shape index (κ1) is 15.8. The fourth-order valence-electron chi connectivity index (χ4n) is 1.66. The number of aliphatic hydroxyl groups is 1. The number of carbonyl (C=O) groups is 1. The highest BCUT2D eigenvalue weighted by atomic mass is 35.5. The van der Waals surface area contributed by atoms with Gasteiger partial charge in [-0.1, -0.05) is 37.6 Å². The van der Waals surface area contributed by atoms with E-state index in [1.54, 1.807) is 0 Å². The van der Waals surface area contributed by atoms with E-state index < -0.39 is 0 Å². The summed E-state index contributed by atoms with van der Waals surface area (Å²) in [4.78, 5) is 11.5. The summed E-state index contributed by atoms with van der Waals surface area (Å²) < 4.78 is 0. The van der Waals surface area contributed by atoms with Gasteiger partial charge in [0.25, 0.3) is 0 Å². The van der Waals surface area contributed by atoms with Crippen molar-refractivity contribution in [2.45, 2.75) is 25.7 Å². The Balaban J connectivity index is 2.48. The van der Waals surface area contributed by atoms with Crippen LogP contribution in [-0.4, -0.2) is 30.8 Å². The van der Waals surface area contributed by atoms with Gasteiger partial charge in [-0.25, -0.2) is 4.79 Å². The van der Waals surface area contributed by atoms with Crippen molar-refractivity contribution in [3.63, 3.8) is 0 Å². The summed E-state index contributed by atoms with van der Waals surface area (Å²) in [6.07, 6.45) is 0.561. The van der Waals surface area contributed by atoms with Crippen molar-refractivity contribution in [1.82, 2.24) is 10.6 Å². The second-order valence-corrected chi connectivity index (χ2v) is 5.52. The molecule has 1 aromatic rings. The number of hydrogen-bond donors (Lipinski definition) is 3. The number of amides is 2. The summed E-state index contributed by atoms with van der Waals surface area (Å²) in [7, 11) is 0. The van der Waals surface area contributed by atoms with Crippen LogP contribution in [0.2, 0.25) is 5.02 Å². The average molecular weight is 285 g/mol. The minimum Gasteiger partial charge on any atom is -0.396 e. The molecule has 0 aromatic heterocycles. The number of urea groups is 1. The third-order valence-corrected chi connectivity index (χ3v) is 3.15. The molecular weight excluding hydrogens is 264 g/mol. The Morgan fingerprint density at radius 2 is 2.11 bits per heavy atom. The van der Waals surface area contributed by atoms with Gasteiger partial charge < -0.3 is 15.7 Å². The van der Waals surface area contributed by atoms with Crippen LogP contribution in [0, 0.1) is 0 Å². The first-order chi connectivity index (χ1) is 8.95. The highest BCUT2D eigenvalue weighted by Gasteiger charge is 2.21. The molecule has 0 aliphatic carbocycles. The number of benzene rings is 1. The van der Waals surface area contributed by atoms with Crippen LogP contribution in [-0.2, 0) is 5.41 Å². The maximum Gasteiger partial charge on any atom is 0.314 e. The van der Waals surface area contributed by atoms with E-state index >= 15 is 0 Å². The van der Waals surface area contributed by atoms with Crippen LogP contribution >= 0.6 is 11.6 Å². The first-order valence-electron chi connectivity index (χ1n) is 6.34. The summed E-state index contributed by atoms with van der Waals surface area (Å²) in [5, 5.41) is 14.8. The zero-order valence-corrected chi connectivity index (χ0v) is 12.1. The summed E-state index contributed by atoms with van der Waals surface area (Å²) in [6, 6.07) is 7.42. The van der Waals surface area contributed by atoms with Crippen LogP contribution in [0.1, 0.15) is 25.8 Å². The van der Waals surface area contributed by atoms with Gasteiger partial charge in [0.05, 0.1) is 0 Å². The second-order valence-electron chi connectivity index (χ2n) is 5.08. The van der Waals surface area contributed by atoms with E-state index in [1.807, 2.05) is 38.1 Å². The van der Waals surface area contributed by atoms with Gasteiger partial charge in [0, 0.05) is 30.1 Å². The number of nitrogens with one attached hydrogen (secondary N) is 2. The highest BCUT2D eigenvalue weighted by Crippen LogP contribution is 2.24. The molecule has 0 radical (unpaired) electrons. The lowest BCUT2D eigenvalue weighted by molar-refractivity contribution is 0.235. The van der Waals surface area contributed by atoms with Crippen molar-refractivity contribution < 1.29 is 9.90 Å². The third kappa shape index (κ3) is 5.49. The van der Waals surface area contributed by atoms with E-state index in [0.717, 1.165) is 5.56 Å². The summed E-state index contributed by atoms with van der Waals surface area (Å²) in [5.41, 5.74) is 0.884. The molecule has 0 saturated carbocycles. The number of rotatable bonds is 6. The molecule has 1 aromatic carbocycles. The molecule has 3 N–H and O–H groups in total. The lowest BCUT2D eigenvalue weighted by Crippen LogP contribution is -2.42. The van der Waals surface area contributed by atoms with Gasteiger partial charge in [-0.15, -0.1) is 0 Å². The molecule has 0 heterocycles. The van der Waals surface area contributed by atoms with E-state index in [9.17, 15) is 4.79 Å². The van der Waals surface area contributed by atoms with Gasteiger partial charge in [0.1, 0.15) is 0 Å². The molecule has 0 aliphatic rings. The SMILES string of the molecule is CC(C)(CNC(=O)NCCCO)c1cccc(Cl)c1. The fourth-order valence-corrected chi connectivity index (χ4v) is 1.85. The predicted octanol–water partition coefficient (Wildman–Crippen LogP) is 2.30. The minimum absolute atomic E-state index is 0.0777. The largest absolute Gasteiger partial charge is 0.396 e. The molecule has 4 nitrogen and oxygen atoms in total. The van der Waals surface area contributed by atoms with E-state index in [4.69, 9.17) is 16.7 Å². The van der Waals surface area contributed by atoms with Gasteiger partial charge in [-0.05, 0) is 24.1 Å². The number of halogens is 1. The quantitative estimate of drug-likeness (QED) is 0.702. The van der Waals surface area contributed by atoms with Crippen LogP contribution in [0.15, 0.2) is 24.3 Å². The van der Waals surface area contributed by atoms with Crippen LogP contribution in [0.25, 0.3) is 0 Å². The fraction of sp³-hybridized carbons (Fsp3) is 0.500. The van der Waals surface area contributed by atoms with Gasteiger partial charge >= 0.3 is 6.03 Å². The normalized spacial score (nSPS) is 11.2. The standard InChI is InChI=1S/C14H21ClN2O2/c1-14(2,11-5-3-6-12(15)9-11)10-17-13(19)16-7-4-8-18/h3,5-6,9,18H,4,7-8,10H2,1-2H3,(H2,16,17,19). The number of carbonyl (C=O) groups excluding carboxylic acids is 1. The molecule has 1 rings (SSSR count). The number of hydrogen-bond acceptors (Lipinski definition) is 2. The van der Waals surface area contributed by atoms with E-state index in [2.05, 4.69) is 10.6 Å². The Morgan fingerprint density at radius 1 is 1.37 bits per heavy atom. The summed E-state index contributed by atoms with van der Waals surface area (Å²) in [6.45, 7) is 5.16. The van der Waals surface area contributed by atoms with Crippen molar-refractivity contribution in [3.05, 3.63) is 34.9 Å². The average Bonchev–Trinajstić information content (AvgIpc) is 2.37. The monoisotopic (exact) mass is 284 g/mol. The minimum atomic E-state index is -0.219. The first-order valence-corrected chi connectivity index (χ1v) is 6.72. The topological polar surface area (TPSA) is 61.4 Å². The van der Waals surface area contributed by atoms with Crippen LogP contribution < -0.4 is 10.6 Å². The molecule has 0 saturated heterocycles. The molecule has 19 heavy (non-hydrogen) atoms. The Morgan fingerprint density at radius 3 is 2.74 bits per heavy atom. The van der Waals surface area contributed by atoms with E-state index in [-0.39, 0.29) is 18.1 Å². The lowest BCUT2D eigenvalue weighted by Gasteiger charge is -2.26. The lowest BCUT2D eigenvalue weighted by atomic mass is 9.85. The zero-order valence-electron chi connectivity index (χ0n) is 11.4. The van der Waals surface area contributed by atoms with E-state index in [1.165, 1.54) is 0 Å². The van der Waals surface area contributed by atoms with Gasteiger partial charge in [-0.3, -0.25) is 0 Å². The van der Waals surface area contributed by atoms with Crippen LogP contribution in [0.5, 0.6) is 0 Å². The molecule has 0 fully saturated rings. The maximum absolute atomic E-state index is 11.5. The molecule has 0 aliphatic heterocycles. The zero-order chi connectivity index (χ0) is 14.3. The van der Waals surface area contributed by atoms with Crippen LogP contribution in [0.3, 0.4) is 0 Å². The van der Waals surface area contributed by atoms with Crippen LogP contribution in [0.4, 0.5) is 4.79 Å². The second kappa shape index (κ2) is 7.36. The van der Waals surface area contributed by atoms with Crippen molar-refractivity contribution in [2.24, 2.45) is 0 Å². The Bertz CT molecular complexity index is 422. The van der Waals surface area contributed by atoms with Crippen molar-refractivity contribution in [3.8, 4) is 0 Å². The molecule has 0 bridgehead atoms. The van der Waals surface area contributed by atoms with Gasteiger partial charge in [-0.2, -0.15) is 0 Å². The van der Waals surface area contributed by atoms with Crippen molar-refractivity contribution in [2.75, 3.05) is 19.7 Å². The van der Waals surface area contributed by atoms with Crippen molar-refractivity contribution >= 4 is 17.6 Å². The Kier molecular flexibility index (Phi) is 6.12. The maximum atomic E-state index is 11.5. The molecule has 0 spiro atoms. The molecule has 106 valence electrons. The molecular formula is C14H21ClN2O2. The van der Waals surface area contributed by atoms with Gasteiger partial charge in [0.2, 0.25) is 0 Å². The summed E-state index contributed by atoms with van der Waals surface area (Å²) >= 11 is 5.97. The molecule has 5 heteroatoms. The molecule has 0 unspecified atom stereocenters. The number of aliphatic hydroxyl groups excluding tert-OH is 1. The molecule has 2 amide bonds.